The summed E-state index contributed by atoms with van der Waals surface area (Å²) in [5.74, 6) is 1.41. The van der Waals surface area contributed by atoms with Crippen LogP contribution in [0.2, 0.25) is 5.02 Å². The maximum absolute atomic E-state index is 12.1. The van der Waals surface area contributed by atoms with Gasteiger partial charge in [0.2, 0.25) is 5.13 Å². The van der Waals surface area contributed by atoms with E-state index in [1.54, 1.807) is 0 Å². The molecule has 1 saturated heterocycles. The van der Waals surface area contributed by atoms with Gasteiger partial charge >= 0.3 is 0 Å². The maximum atomic E-state index is 12.1. The van der Waals surface area contributed by atoms with Crippen molar-refractivity contribution in [2.75, 3.05) is 24.5 Å². The van der Waals surface area contributed by atoms with Gasteiger partial charge in [-0.05, 0) is 47.9 Å². The molecule has 2 aromatic heterocycles. The lowest BCUT2D eigenvalue weighted by molar-refractivity contribution is 0.0949. The number of carbonyl (C=O) groups excluding carboxylic acids is 1. The van der Waals surface area contributed by atoms with Crippen LogP contribution in [0.1, 0.15) is 33.9 Å². The van der Waals surface area contributed by atoms with Crippen LogP contribution >= 0.6 is 34.5 Å². The minimum Gasteiger partial charge on any atom is -0.351 e. The van der Waals surface area contributed by atoms with Crippen molar-refractivity contribution in [3.05, 3.63) is 63.1 Å². The van der Waals surface area contributed by atoms with Crippen LogP contribution in [0.5, 0.6) is 0 Å². The first kappa shape index (κ1) is 19.4. The highest BCUT2D eigenvalue weighted by atomic mass is 35.5. The second-order valence-electron chi connectivity index (χ2n) is 6.91. The Morgan fingerprint density at radius 2 is 2.00 bits per heavy atom. The lowest BCUT2D eigenvalue weighted by atomic mass is 9.97. The van der Waals surface area contributed by atoms with Crippen molar-refractivity contribution >= 4 is 45.5 Å². The van der Waals surface area contributed by atoms with E-state index in [1.807, 2.05) is 41.8 Å². The van der Waals surface area contributed by atoms with E-state index in [4.69, 9.17) is 16.6 Å². The maximum Gasteiger partial charge on any atom is 0.261 e. The Bertz CT molecular complexity index is 903. The summed E-state index contributed by atoms with van der Waals surface area (Å²) in [6.45, 7) is 2.65. The molecule has 1 aromatic carbocycles. The summed E-state index contributed by atoms with van der Waals surface area (Å²) in [5.41, 5.74) is 1.16. The topological polar surface area (TPSA) is 58.1 Å². The molecule has 3 heterocycles. The fourth-order valence-corrected chi connectivity index (χ4v) is 4.79. The summed E-state index contributed by atoms with van der Waals surface area (Å²) in [4.78, 5) is 19.9. The minimum absolute atomic E-state index is 0.0356. The first-order valence-corrected chi connectivity index (χ1v) is 11.3. The van der Waals surface area contributed by atoms with Crippen molar-refractivity contribution in [1.82, 2.24) is 14.7 Å². The number of amides is 1. The van der Waals surface area contributed by atoms with E-state index < -0.39 is 0 Å². The first-order chi connectivity index (χ1) is 13.7. The molecule has 1 fully saturated rings. The van der Waals surface area contributed by atoms with Gasteiger partial charge in [0, 0.05) is 42.6 Å². The van der Waals surface area contributed by atoms with Crippen molar-refractivity contribution in [2.24, 2.45) is 5.92 Å². The van der Waals surface area contributed by atoms with E-state index in [9.17, 15) is 4.79 Å². The Morgan fingerprint density at radius 3 is 2.71 bits per heavy atom. The molecule has 0 radical (unpaired) electrons. The zero-order valence-electron chi connectivity index (χ0n) is 15.3. The number of hydrogen-bond donors (Lipinski definition) is 1. The third-order valence-electron chi connectivity index (χ3n) is 4.91. The Morgan fingerprint density at radius 1 is 1.21 bits per heavy atom. The van der Waals surface area contributed by atoms with Gasteiger partial charge in [-0.3, -0.25) is 4.79 Å². The van der Waals surface area contributed by atoms with Gasteiger partial charge in [-0.15, -0.1) is 11.3 Å². The van der Waals surface area contributed by atoms with E-state index in [1.165, 1.54) is 22.9 Å². The standard InChI is InChI=1S/C20H21ClN4OS2/c21-16-5-3-14(4-6-16)12-18-23-20(28-24-18)25-9-7-15(8-10-25)13-22-19(26)17-2-1-11-27-17/h1-6,11,15H,7-10,12-13H2,(H,22,26). The SMILES string of the molecule is O=C(NCC1CCN(c2nc(Cc3ccc(Cl)cc3)ns2)CC1)c1cccs1. The quantitative estimate of drug-likeness (QED) is 0.623. The molecule has 0 atom stereocenters. The highest BCUT2D eigenvalue weighted by molar-refractivity contribution is 7.12. The average Bonchev–Trinajstić information content (AvgIpc) is 3.41. The van der Waals surface area contributed by atoms with Gasteiger partial charge < -0.3 is 10.2 Å². The van der Waals surface area contributed by atoms with Gasteiger partial charge in [-0.2, -0.15) is 4.37 Å². The summed E-state index contributed by atoms with van der Waals surface area (Å²) < 4.78 is 4.52. The summed E-state index contributed by atoms with van der Waals surface area (Å²) in [6.07, 6.45) is 2.83. The molecular formula is C20H21ClN4OS2. The van der Waals surface area contributed by atoms with Gasteiger partial charge in [0.05, 0.1) is 4.88 Å². The van der Waals surface area contributed by atoms with Crippen molar-refractivity contribution in [2.45, 2.75) is 19.3 Å². The second-order valence-corrected chi connectivity index (χ2v) is 9.03. The number of rotatable bonds is 6. The fraction of sp³-hybridized carbons (Fsp3) is 0.350. The van der Waals surface area contributed by atoms with E-state index in [-0.39, 0.29) is 5.91 Å². The van der Waals surface area contributed by atoms with Gasteiger partial charge in [0.25, 0.3) is 5.91 Å². The molecule has 3 aromatic rings. The van der Waals surface area contributed by atoms with Crippen LogP contribution in [0, 0.1) is 5.92 Å². The number of nitrogens with one attached hydrogen (secondary N) is 1. The third-order valence-corrected chi connectivity index (χ3v) is 6.85. The second kappa shape index (κ2) is 9.03. The van der Waals surface area contributed by atoms with Crippen LogP contribution < -0.4 is 10.2 Å². The number of nitrogens with zero attached hydrogens (tertiary/aromatic N) is 3. The van der Waals surface area contributed by atoms with Crippen LogP contribution in [-0.4, -0.2) is 34.9 Å². The number of hydrogen-bond acceptors (Lipinski definition) is 6. The molecule has 0 aliphatic carbocycles. The summed E-state index contributed by atoms with van der Waals surface area (Å²) in [6, 6.07) is 11.6. The van der Waals surface area contributed by atoms with Gasteiger partial charge in [0.15, 0.2) is 0 Å². The summed E-state index contributed by atoms with van der Waals surface area (Å²) in [7, 11) is 0. The summed E-state index contributed by atoms with van der Waals surface area (Å²) >= 11 is 8.88. The molecule has 28 heavy (non-hydrogen) atoms. The van der Waals surface area contributed by atoms with Crippen molar-refractivity contribution in [3.63, 3.8) is 0 Å². The number of anilines is 1. The molecule has 0 bridgehead atoms. The highest BCUT2D eigenvalue weighted by Gasteiger charge is 2.22. The van der Waals surface area contributed by atoms with E-state index in [0.717, 1.165) is 65.3 Å². The number of carbonyl (C=O) groups is 1. The van der Waals surface area contributed by atoms with E-state index in [0.29, 0.717) is 5.92 Å². The summed E-state index contributed by atoms with van der Waals surface area (Å²) in [5, 5.41) is 6.72. The largest absolute Gasteiger partial charge is 0.351 e. The van der Waals surface area contributed by atoms with Crippen LogP contribution in [0.3, 0.4) is 0 Å². The van der Waals surface area contributed by atoms with E-state index >= 15 is 0 Å². The van der Waals surface area contributed by atoms with Gasteiger partial charge in [-0.25, -0.2) is 4.98 Å². The number of thiophene rings is 1. The molecule has 1 N–H and O–H groups in total. The molecule has 1 aliphatic rings. The zero-order chi connectivity index (χ0) is 19.3. The Balaban J connectivity index is 1.25. The normalized spacial score (nSPS) is 15.0. The average molecular weight is 433 g/mol. The minimum atomic E-state index is 0.0356. The van der Waals surface area contributed by atoms with Gasteiger partial charge in [-0.1, -0.05) is 29.8 Å². The third kappa shape index (κ3) is 4.90. The Hall–Kier alpha value is -1.96. The lowest BCUT2D eigenvalue weighted by Crippen LogP contribution is -2.38. The van der Waals surface area contributed by atoms with Crippen molar-refractivity contribution in [1.29, 1.82) is 0 Å². The molecule has 0 spiro atoms. The van der Waals surface area contributed by atoms with Crippen molar-refractivity contribution in [3.8, 4) is 0 Å². The Kier molecular flexibility index (Phi) is 6.24. The molecule has 0 unspecified atom stereocenters. The molecular weight excluding hydrogens is 412 g/mol. The number of benzene rings is 1. The molecule has 1 aliphatic heterocycles. The van der Waals surface area contributed by atoms with Crippen LogP contribution in [0.4, 0.5) is 5.13 Å². The van der Waals surface area contributed by atoms with Crippen LogP contribution in [0.25, 0.3) is 0 Å². The lowest BCUT2D eigenvalue weighted by Gasteiger charge is -2.31. The van der Waals surface area contributed by atoms with Crippen LogP contribution in [-0.2, 0) is 6.42 Å². The zero-order valence-corrected chi connectivity index (χ0v) is 17.7. The molecule has 146 valence electrons. The predicted molar refractivity (Wildman–Crippen MR) is 116 cm³/mol. The first-order valence-electron chi connectivity index (χ1n) is 9.31. The predicted octanol–water partition coefficient (Wildman–Crippen LogP) is 4.49. The fourth-order valence-electron chi connectivity index (χ4n) is 3.29. The van der Waals surface area contributed by atoms with Crippen LogP contribution in [0.15, 0.2) is 41.8 Å². The van der Waals surface area contributed by atoms with E-state index in [2.05, 4.69) is 14.6 Å². The van der Waals surface area contributed by atoms with Gasteiger partial charge in [0.1, 0.15) is 5.82 Å². The smallest absolute Gasteiger partial charge is 0.261 e. The molecule has 4 rings (SSSR count). The molecule has 8 heteroatoms. The monoisotopic (exact) mass is 432 g/mol. The highest BCUT2D eigenvalue weighted by Crippen LogP contribution is 2.25. The molecule has 5 nitrogen and oxygen atoms in total. The van der Waals surface area contributed by atoms with Crippen molar-refractivity contribution < 1.29 is 4.79 Å². The molecule has 0 saturated carbocycles. The number of piperidine rings is 1. The molecule has 1 amide bonds. The number of halogens is 1. The Labute approximate surface area is 177 Å². The number of aromatic nitrogens is 2.